The first-order chi connectivity index (χ1) is 18.5. The van der Waals surface area contributed by atoms with E-state index in [1.807, 2.05) is 0 Å². The highest BCUT2D eigenvalue weighted by Gasteiger charge is 2.39. The lowest BCUT2D eigenvalue weighted by molar-refractivity contribution is -0.144. The quantitative estimate of drug-likeness (QED) is 0.179. The summed E-state index contributed by atoms with van der Waals surface area (Å²) in [6.45, 7) is 2.87. The molecule has 0 aliphatic carbocycles. The number of thiazole rings is 1. The largest absolute Gasteiger partial charge is 0.480 e. The zero-order valence-corrected chi connectivity index (χ0v) is 24.6. The van der Waals surface area contributed by atoms with Crippen LogP contribution in [0.2, 0.25) is 10.0 Å². The molecule has 4 rings (SSSR count). The molecule has 0 bridgehead atoms. The second-order valence-corrected chi connectivity index (χ2v) is 10.9. The lowest BCUT2D eigenvalue weighted by Crippen LogP contribution is -2.18. The van der Waals surface area contributed by atoms with Gasteiger partial charge in [0.2, 0.25) is 0 Å². The Hall–Kier alpha value is -2.94. The van der Waals surface area contributed by atoms with Crippen LogP contribution in [0.1, 0.15) is 29.9 Å². The van der Waals surface area contributed by atoms with E-state index in [1.165, 1.54) is 4.57 Å². The number of rotatable bonds is 5. The van der Waals surface area contributed by atoms with Crippen LogP contribution in [0, 0.1) is 5.82 Å². The Bertz CT molecular complexity index is 1670. The van der Waals surface area contributed by atoms with Crippen LogP contribution in [0.3, 0.4) is 0 Å². The molecule has 0 amide bonds. The Balaban J connectivity index is 0.000000249. The monoisotopic (exact) mass is 685 g/mol. The number of carbonyl (C=O) groups is 2. The molecule has 4 aromatic rings. The third-order valence-corrected chi connectivity index (χ3v) is 7.38. The molecule has 1 N–H and O–H groups in total. The van der Waals surface area contributed by atoms with E-state index >= 15 is 0 Å². The summed E-state index contributed by atoms with van der Waals surface area (Å²) in [7, 11) is 1.08. The summed E-state index contributed by atoms with van der Waals surface area (Å²) in [4.78, 5) is 33.8. The molecule has 214 valence electrons. The smallest absolute Gasteiger partial charge is 0.434 e. The summed E-state index contributed by atoms with van der Waals surface area (Å²) in [5.41, 5.74) is -1.36. The number of carboxylic acids is 1. The van der Waals surface area contributed by atoms with Crippen molar-refractivity contribution in [3.8, 4) is 11.3 Å². The predicted molar refractivity (Wildman–Crippen MR) is 146 cm³/mol. The number of alkyl halides is 3. The second kappa shape index (κ2) is 12.3. The SMILES string of the molecule is CC(C)OC(=O)c1cc(-c2nn(C)c(C(F)(F)F)c2Br)c(F)cc1Cl.O=C(O)Cn1c(=O)sc2cccc(Cl)c21. The lowest BCUT2D eigenvalue weighted by Gasteiger charge is -2.11. The second-order valence-electron chi connectivity index (χ2n) is 8.33. The van der Waals surface area contributed by atoms with Gasteiger partial charge in [0, 0.05) is 12.6 Å². The standard InChI is InChI=1S/C15H12BrClF4N2O2.C9H6ClNO3S/c1-6(2)25-14(24)7-4-8(10(18)5-9(7)17)12-11(16)13(15(19,20)21)23(3)22-12;10-5-2-1-3-6-8(5)11(4-7(12)13)9(14)15-6/h4-6H,1-3H3;1-3H,4H2,(H,12,13). The molecule has 0 radical (unpaired) electrons. The van der Waals surface area contributed by atoms with Gasteiger partial charge in [-0.25, -0.2) is 9.18 Å². The van der Waals surface area contributed by atoms with Gasteiger partial charge in [-0.15, -0.1) is 0 Å². The van der Waals surface area contributed by atoms with E-state index in [2.05, 4.69) is 21.0 Å². The summed E-state index contributed by atoms with van der Waals surface area (Å²) >= 11 is 15.6. The van der Waals surface area contributed by atoms with Gasteiger partial charge in [-0.1, -0.05) is 40.6 Å². The molecule has 0 atom stereocenters. The molecule has 0 spiro atoms. The number of aryl methyl sites for hydroxylation is 1. The Morgan fingerprint density at radius 3 is 2.40 bits per heavy atom. The average Bonchev–Trinajstić information content (AvgIpc) is 3.29. The highest BCUT2D eigenvalue weighted by Crippen LogP contribution is 2.41. The molecule has 8 nitrogen and oxygen atoms in total. The van der Waals surface area contributed by atoms with Crippen LogP contribution in [0.5, 0.6) is 0 Å². The number of benzene rings is 2. The zero-order chi connectivity index (χ0) is 30.1. The maximum absolute atomic E-state index is 14.3. The molecule has 16 heteroatoms. The van der Waals surface area contributed by atoms with Gasteiger partial charge in [0.15, 0.2) is 5.69 Å². The Labute approximate surface area is 245 Å². The van der Waals surface area contributed by atoms with Crippen molar-refractivity contribution in [2.75, 3.05) is 0 Å². The number of hydrogen-bond acceptors (Lipinski definition) is 6. The molecule has 40 heavy (non-hydrogen) atoms. The van der Waals surface area contributed by atoms with Crippen LogP contribution < -0.4 is 4.87 Å². The highest BCUT2D eigenvalue weighted by atomic mass is 79.9. The maximum Gasteiger partial charge on any atom is 0.434 e. The minimum Gasteiger partial charge on any atom is -0.480 e. The minimum absolute atomic E-state index is 0.169. The first-order valence-corrected chi connectivity index (χ1v) is 13.4. The molecule has 0 saturated heterocycles. The number of carbonyl (C=O) groups excluding carboxylic acids is 1. The van der Waals surface area contributed by atoms with Crippen molar-refractivity contribution in [2.45, 2.75) is 32.7 Å². The molecule has 2 heterocycles. The van der Waals surface area contributed by atoms with E-state index < -0.39 is 40.2 Å². The summed E-state index contributed by atoms with van der Waals surface area (Å²) in [6, 6.07) is 6.96. The third-order valence-electron chi connectivity index (χ3n) is 5.06. The van der Waals surface area contributed by atoms with Crippen molar-refractivity contribution in [1.82, 2.24) is 14.3 Å². The summed E-state index contributed by atoms with van der Waals surface area (Å²) in [6.07, 6.45) is -5.14. The molecular weight excluding hydrogens is 669 g/mol. The van der Waals surface area contributed by atoms with Crippen molar-refractivity contribution >= 4 is 72.6 Å². The van der Waals surface area contributed by atoms with Crippen molar-refractivity contribution in [1.29, 1.82) is 0 Å². The van der Waals surface area contributed by atoms with Gasteiger partial charge in [0.05, 0.1) is 36.4 Å². The van der Waals surface area contributed by atoms with Gasteiger partial charge in [0.25, 0.3) is 0 Å². The Kier molecular flexibility index (Phi) is 9.70. The van der Waals surface area contributed by atoms with Crippen LogP contribution in [0.15, 0.2) is 39.6 Å². The molecule has 0 aliphatic rings. The lowest BCUT2D eigenvalue weighted by atomic mass is 10.1. The molecular formula is C24H18BrCl2F4N3O5S. The van der Waals surface area contributed by atoms with Crippen molar-refractivity contribution in [3.05, 3.63) is 71.6 Å². The maximum atomic E-state index is 14.3. The van der Waals surface area contributed by atoms with E-state index in [9.17, 15) is 31.9 Å². The Morgan fingerprint density at radius 2 is 1.85 bits per heavy atom. The van der Waals surface area contributed by atoms with Gasteiger partial charge in [-0.3, -0.25) is 18.8 Å². The van der Waals surface area contributed by atoms with Crippen molar-refractivity contribution in [3.63, 3.8) is 0 Å². The van der Waals surface area contributed by atoms with Gasteiger partial charge in [-0.2, -0.15) is 18.3 Å². The molecule has 2 aromatic carbocycles. The van der Waals surface area contributed by atoms with Crippen LogP contribution >= 0.6 is 50.5 Å². The molecule has 0 aliphatic heterocycles. The number of fused-ring (bicyclic) bond motifs is 1. The molecule has 0 unspecified atom stereocenters. The van der Waals surface area contributed by atoms with E-state index in [4.69, 9.17) is 33.0 Å². The Morgan fingerprint density at radius 1 is 1.20 bits per heavy atom. The van der Waals surface area contributed by atoms with Crippen LogP contribution in [-0.4, -0.2) is 37.5 Å². The summed E-state index contributed by atoms with van der Waals surface area (Å²) in [5, 5.41) is 12.6. The van der Waals surface area contributed by atoms with E-state index in [1.54, 1.807) is 32.0 Å². The number of aromatic nitrogens is 3. The third kappa shape index (κ3) is 6.85. The first-order valence-electron chi connectivity index (χ1n) is 11.0. The van der Waals surface area contributed by atoms with Gasteiger partial charge < -0.3 is 9.84 Å². The number of para-hydroxylation sites is 1. The topological polar surface area (TPSA) is 103 Å². The van der Waals surface area contributed by atoms with Crippen LogP contribution in [0.4, 0.5) is 17.6 Å². The average molecular weight is 687 g/mol. The number of ether oxygens (including phenoxy) is 1. The van der Waals surface area contributed by atoms with Crippen molar-refractivity contribution in [2.24, 2.45) is 7.05 Å². The zero-order valence-electron chi connectivity index (χ0n) is 20.6. The number of carboxylic acid groups (broad SMARTS) is 1. The number of hydrogen-bond donors (Lipinski definition) is 1. The van der Waals surface area contributed by atoms with E-state index in [-0.39, 0.29) is 33.3 Å². The van der Waals surface area contributed by atoms with Gasteiger partial charge in [-0.05, 0) is 54.0 Å². The van der Waals surface area contributed by atoms with Crippen molar-refractivity contribution < 1.29 is 37.0 Å². The molecule has 0 fully saturated rings. The van der Waals surface area contributed by atoms with Gasteiger partial charge in [0.1, 0.15) is 18.1 Å². The number of halogens is 7. The normalized spacial score (nSPS) is 11.5. The minimum atomic E-state index is -4.69. The predicted octanol–water partition coefficient (Wildman–Crippen LogP) is 7.03. The molecule has 2 aromatic heterocycles. The van der Waals surface area contributed by atoms with E-state index in [0.717, 1.165) is 30.5 Å². The highest BCUT2D eigenvalue weighted by molar-refractivity contribution is 9.10. The fraction of sp³-hybridized carbons (Fsp3) is 0.250. The van der Waals surface area contributed by atoms with E-state index in [0.29, 0.717) is 19.9 Å². The first kappa shape index (κ1) is 31.6. The number of aliphatic carboxylic acids is 1. The summed E-state index contributed by atoms with van der Waals surface area (Å²) in [5.74, 6) is -2.79. The van der Waals surface area contributed by atoms with Crippen LogP contribution in [0.25, 0.3) is 21.5 Å². The van der Waals surface area contributed by atoms with Gasteiger partial charge >= 0.3 is 23.0 Å². The number of nitrogens with zero attached hydrogens (tertiary/aromatic N) is 3. The van der Waals surface area contributed by atoms with Crippen LogP contribution in [-0.2, 0) is 29.3 Å². The fourth-order valence-electron chi connectivity index (χ4n) is 3.50. The molecule has 0 saturated carbocycles. The summed E-state index contributed by atoms with van der Waals surface area (Å²) < 4.78 is 60.5. The fourth-order valence-corrected chi connectivity index (χ4v) is 5.75. The number of esters is 1.